The van der Waals surface area contributed by atoms with Gasteiger partial charge in [-0.2, -0.15) is 0 Å². The molecular formula is C35H43N3O5. The quantitative estimate of drug-likeness (QED) is 0.228. The number of aromatic nitrogens is 1. The van der Waals surface area contributed by atoms with Crippen molar-refractivity contribution >= 4 is 23.4 Å². The van der Waals surface area contributed by atoms with Crippen LogP contribution in [0.25, 0.3) is 5.57 Å². The second-order valence-corrected chi connectivity index (χ2v) is 11.2. The molecule has 228 valence electrons. The molecule has 1 heterocycles. The summed E-state index contributed by atoms with van der Waals surface area (Å²) in [5, 5.41) is 5.66. The first kappa shape index (κ1) is 33.0. The van der Waals surface area contributed by atoms with Gasteiger partial charge in [0.05, 0.1) is 7.11 Å². The lowest BCUT2D eigenvalue weighted by Gasteiger charge is -2.19. The third kappa shape index (κ3) is 8.53. The molecule has 1 atom stereocenters. The van der Waals surface area contributed by atoms with Crippen molar-refractivity contribution in [3.05, 3.63) is 94.4 Å². The van der Waals surface area contributed by atoms with Gasteiger partial charge in [-0.15, -0.1) is 0 Å². The Morgan fingerprint density at radius 2 is 1.37 bits per heavy atom. The minimum Gasteiger partial charge on any atom is -0.493 e. The second kappa shape index (κ2) is 15.1. The van der Waals surface area contributed by atoms with Crippen LogP contribution in [0.1, 0.15) is 106 Å². The molecule has 0 saturated carbocycles. The summed E-state index contributed by atoms with van der Waals surface area (Å²) in [4.78, 5) is 42.9. The third-order valence-corrected chi connectivity index (χ3v) is 7.13. The Morgan fingerprint density at radius 1 is 0.837 bits per heavy atom. The van der Waals surface area contributed by atoms with Crippen LogP contribution in [0.4, 0.5) is 0 Å². The van der Waals surface area contributed by atoms with E-state index in [1.54, 1.807) is 6.92 Å². The molecule has 2 N–H and O–H groups in total. The number of nitrogens with zero attached hydrogens (tertiary/aromatic N) is 1. The van der Waals surface area contributed by atoms with Crippen LogP contribution in [0.15, 0.2) is 66.5 Å². The van der Waals surface area contributed by atoms with Crippen LogP contribution in [-0.2, 0) is 9.59 Å². The minimum absolute atomic E-state index is 0.0818. The van der Waals surface area contributed by atoms with Crippen molar-refractivity contribution in [1.29, 1.82) is 0 Å². The van der Waals surface area contributed by atoms with Crippen molar-refractivity contribution in [2.45, 2.75) is 79.2 Å². The van der Waals surface area contributed by atoms with Crippen LogP contribution in [0.5, 0.6) is 11.5 Å². The summed E-state index contributed by atoms with van der Waals surface area (Å²) in [6.45, 7) is 13.9. The second-order valence-electron chi connectivity index (χ2n) is 11.2. The number of methoxy groups -OCH3 is 1. The minimum atomic E-state index is -0.928. The molecule has 3 rings (SSSR count). The maximum atomic E-state index is 13.4. The standard InChI is InChI=1S/C35H43N3O5/c1-9-10-30(39)43-33-29(42-8)19-20-36-32(33)35(41)38-24(7)34(40)37-23(6)31(27-15-11-25(12-16-27)21(2)3)28-17-13-26(14-18-28)22(4)5/h11-22,24H,9-10H2,1-8H3,(H,37,40)(H,38,41)/t24-/m0/s1. The number of pyridine rings is 1. The first-order valence-electron chi connectivity index (χ1n) is 14.7. The SMILES string of the molecule is CCCC(=O)Oc1c(OC)ccnc1C(=O)N[C@@H](C)C(=O)NC(C)=C(c1ccc(C(C)C)cc1)c1ccc(C(C)C)cc1. The molecule has 8 nitrogen and oxygen atoms in total. The highest BCUT2D eigenvalue weighted by atomic mass is 16.6. The number of esters is 1. The molecule has 2 aromatic carbocycles. The highest BCUT2D eigenvalue weighted by Gasteiger charge is 2.25. The number of rotatable bonds is 12. The topological polar surface area (TPSA) is 107 Å². The fourth-order valence-electron chi connectivity index (χ4n) is 4.58. The van der Waals surface area contributed by atoms with E-state index in [0.717, 1.165) is 16.7 Å². The Labute approximate surface area is 254 Å². The van der Waals surface area contributed by atoms with E-state index in [2.05, 4.69) is 91.8 Å². The van der Waals surface area contributed by atoms with Gasteiger partial charge in [-0.25, -0.2) is 4.98 Å². The van der Waals surface area contributed by atoms with Crippen molar-refractivity contribution in [3.8, 4) is 11.5 Å². The van der Waals surface area contributed by atoms with Crippen molar-refractivity contribution < 1.29 is 23.9 Å². The normalized spacial score (nSPS) is 11.6. The summed E-state index contributed by atoms with van der Waals surface area (Å²) in [6, 6.07) is 17.3. The summed E-state index contributed by atoms with van der Waals surface area (Å²) >= 11 is 0. The van der Waals surface area contributed by atoms with Crippen LogP contribution in [0, 0.1) is 0 Å². The number of nitrogens with one attached hydrogen (secondary N) is 2. The van der Waals surface area contributed by atoms with Gasteiger partial charge in [0.2, 0.25) is 11.7 Å². The maximum absolute atomic E-state index is 13.4. The number of ether oxygens (including phenoxy) is 2. The van der Waals surface area contributed by atoms with Gasteiger partial charge in [-0.05, 0) is 54.4 Å². The average Bonchev–Trinajstić information content (AvgIpc) is 2.97. The van der Waals surface area contributed by atoms with Gasteiger partial charge in [-0.3, -0.25) is 14.4 Å². The highest BCUT2D eigenvalue weighted by Crippen LogP contribution is 2.31. The summed E-state index contributed by atoms with van der Waals surface area (Å²) in [5.74, 6) is -0.688. The predicted molar refractivity (Wildman–Crippen MR) is 169 cm³/mol. The predicted octanol–water partition coefficient (Wildman–Crippen LogP) is 6.76. The molecule has 0 saturated heterocycles. The molecule has 0 radical (unpaired) electrons. The van der Waals surface area contributed by atoms with E-state index >= 15 is 0 Å². The lowest BCUT2D eigenvalue weighted by molar-refractivity contribution is -0.134. The average molecular weight is 586 g/mol. The van der Waals surface area contributed by atoms with Gasteiger partial charge < -0.3 is 20.1 Å². The Balaban J connectivity index is 1.89. The lowest BCUT2D eigenvalue weighted by Crippen LogP contribution is -2.44. The highest BCUT2D eigenvalue weighted by molar-refractivity contribution is 5.99. The smallest absolute Gasteiger partial charge is 0.311 e. The van der Waals surface area contributed by atoms with Crippen LogP contribution in [0.3, 0.4) is 0 Å². The number of benzene rings is 2. The fourth-order valence-corrected chi connectivity index (χ4v) is 4.58. The van der Waals surface area contributed by atoms with Gasteiger partial charge in [-0.1, -0.05) is 83.1 Å². The number of hydrogen-bond acceptors (Lipinski definition) is 6. The number of hydrogen-bond donors (Lipinski definition) is 2. The fraction of sp³-hybridized carbons (Fsp3) is 0.371. The van der Waals surface area contributed by atoms with Gasteiger partial charge in [0.15, 0.2) is 11.4 Å². The van der Waals surface area contributed by atoms with Crippen molar-refractivity contribution in [1.82, 2.24) is 15.6 Å². The lowest BCUT2D eigenvalue weighted by atomic mass is 9.92. The van der Waals surface area contributed by atoms with Gasteiger partial charge >= 0.3 is 5.97 Å². The monoisotopic (exact) mass is 585 g/mol. The molecule has 3 aromatic rings. The molecule has 2 amide bonds. The molecule has 0 bridgehead atoms. The van der Waals surface area contributed by atoms with E-state index in [9.17, 15) is 14.4 Å². The van der Waals surface area contributed by atoms with Gasteiger partial charge in [0.25, 0.3) is 5.91 Å². The van der Waals surface area contributed by atoms with Crippen LogP contribution < -0.4 is 20.1 Å². The molecule has 0 aliphatic carbocycles. The van der Waals surface area contributed by atoms with E-state index < -0.39 is 23.8 Å². The molecule has 43 heavy (non-hydrogen) atoms. The molecule has 1 aromatic heterocycles. The van der Waals surface area contributed by atoms with Crippen LogP contribution >= 0.6 is 0 Å². The Bertz CT molecular complexity index is 1400. The molecule has 0 aliphatic heterocycles. The number of allylic oxidation sites excluding steroid dienone is 1. The van der Waals surface area contributed by atoms with E-state index in [0.29, 0.717) is 24.0 Å². The third-order valence-electron chi connectivity index (χ3n) is 7.13. The van der Waals surface area contributed by atoms with E-state index in [1.165, 1.54) is 30.5 Å². The Morgan fingerprint density at radius 3 is 1.84 bits per heavy atom. The Hall–Kier alpha value is -4.46. The summed E-state index contributed by atoms with van der Waals surface area (Å²) < 4.78 is 10.7. The number of carbonyl (C=O) groups excluding carboxylic acids is 3. The Kier molecular flexibility index (Phi) is 11.6. The molecule has 0 spiro atoms. The summed E-state index contributed by atoms with van der Waals surface area (Å²) in [5.41, 5.74) is 5.77. The first-order chi connectivity index (χ1) is 20.5. The molecule has 0 unspecified atom stereocenters. The van der Waals surface area contributed by atoms with E-state index in [-0.39, 0.29) is 23.6 Å². The van der Waals surface area contributed by atoms with Crippen molar-refractivity contribution in [2.24, 2.45) is 0 Å². The number of amides is 2. The number of carbonyl (C=O) groups is 3. The largest absolute Gasteiger partial charge is 0.493 e. The zero-order chi connectivity index (χ0) is 31.7. The summed E-state index contributed by atoms with van der Waals surface area (Å²) in [7, 11) is 1.41. The zero-order valence-corrected chi connectivity index (χ0v) is 26.4. The van der Waals surface area contributed by atoms with Crippen LogP contribution in [-0.4, -0.2) is 35.9 Å². The van der Waals surface area contributed by atoms with E-state index in [1.807, 2.05) is 13.8 Å². The summed E-state index contributed by atoms with van der Waals surface area (Å²) in [6.07, 6.45) is 2.13. The molecule has 0 aliphatic rings. The molecule has 0 fully saturated rings. The molecule has 8 heteroatoms. The first-order valence-corrected chi connectivity index (χ1v) is 14.7. The maximum Gasteiger partial charge on any atom is 0.311 e. The van der Waals surface area contributed by atoms with Gasteiger partial charge in [0.1, 0.15) is 6.04 Å². The van der Waals surface area contributed by atoms with Gasteiger partial charge in [0, 0.05) is 30.0 Å². The molecular weight excluding hydrogens is 542 g/mol. The van der Waals surface area contributed by atoms with Crippen molar-refractivity contribution in [2.75, 3.05) is 7.11 Å². The van der Waals surface area contributed by atoms with Crippen molar-refractivity contribution in [3.63, 3.8) is 0 Å². The van der Waals surface area contributed by atoms with E-state index in [4.69, 9.17) is 9.47 Å². The zero-order valence-electron chi connectivity index (χ0n) is 26.4. The van der Waals surface area contributed by atoms with Crippen LogP contribution in [0.2, 0.25) is 0 Å².